The van der Waals surface area contributed by atoms with Crippen LogP contribution in [-0.2, 0) is 19.6 Å². The van der Waals surface area contributed by atoms with Gasteiger partial charge in [-0.15, -0.1) is 0 Å². The average molecular weight is 497 g/mol. The van der Waals surface area contributed by atoms with Crippen molar-refractivity contribution in [2.24, 2.45) is 0 Å². The molecule has 2 aromatic carbocycles. The van der Waals surface area contributed by atoms with Gasteiger partial charge in [0, 0.05) is 24.2 Å². The molecule has 3 rings (SSSR count). The molecular formula is C21H25BrN2O5S. The summed E-state index contributed by atoms with van der Waals surface area (Å²) >= 11 is 3.38. The molecule has 1 fully saturated rings. The van der Waals surface area contributed by atoms with Crippen LogP contribution in [0.15, 0.2) is 51.8 Å². The first-order valence-electron chi connectivity index (χ1n) is 9.85. The third kappa shape index (κ3) is 5.21. The summed E-state index contributed by atoms with van der Waals surface area (Å²) in [5.74, 6) is 0.595. The number of nitrogens with zero attached hydrogens (tertiary/aromatic N) is 1. The van der Waals surface area contributed by atoms with Crippen LogP contribution in [0.5, 0.6) is 11.5 Å². The number of halogens is 1. The summed E-state index contributed by atoms with van der Waals surface area (Å²) in [7, 11) is -3.68. The molecule has 0 saturated carbocycles. The Hall–Kier alpha value is -1.94. The van der Waals surface area contributed by atoms with E-state index in [2.05, 4.69) is 21.2 Å². The second-order valence-electron chi connectivity index (χ2n) is 6.79. The van der Waals surface area contributed by atoms with E-state index in [-0.39, 0.29) is 16.5 Å². The Morgan fingerprint density at radius 2 is 1.90 bits per heavy atom. The largest absolute Gasteiger partial charge is 0.455 e. The summed E-state index contributed by atoms with van der Waals surface area (Å²) in [6.07, 6.45) is 0.900. The van der Waals surface area contributed by atoms with E-state index in [0.717, 1.165) is 10.9 Å². The van der Waals surface area contributed by atoms with Crippen LogP contribution in [0.3, 0.4) is 0 Å². The number of nitrogens with one attached hydrogen (secondary N) is 1. The van der Waals surface area contributed by atoms with Gasteiger partial charge in [-0.3, -0.25) is 4.79 Å². The Balaban J connectivity index is 1.96. The predicted octanol–water partition coefficient (Wildman–Crippen LogP) is 4.39. The van der Waals surface area contributed by atoms with Crippen LogP contribution in [0.1, 0.15) is 26.7 Å². The normalized spacial score (nSPS) is 16.6. The molecule has 7 nitrogen and oxygen atoms in total. The molecule has 1 amide bonds. The maximum atomic E-state index is 12.9. The first kappa shape index (κ1) is 22.7. The summed E-state index contributed by atoms with van der Waals surface area (Å²) in [5.41, 5.74) is 0.284. The first-order chi connectivity index (χ1) is 14.3. The zero-order valence-electron chi connectivity index (χ0n) is 16.9. The number of benzene rings is 2. The first-order valence-corrected chi connectivity index (χ1v) is 12.1. The second kappa shape index (κ2) is 9.91. The van der Waals surface area contributed by atoms with Crippen LogP contribution in [0, 0.1) is 0 Å². The van der Waals surface area contributed by atoms with E-state index in [0.29, 0.717) is 37.6 Å². The number of hydrogen-bond donors (Lipinski definition) is 1. The molecular weight excluding hydrogens is 472 g/mol. The quantitative estimate of drug-likeness (QED) is 0.585. The Bertz CT molecular complexity index is 985. The molecule has 1 saturated heterocycles. The van der Waals surface area contributed by atoms with Gasteiger partial charge in [0.15, 0.2) is 5.75 Å². The van der Waals surface area contributed by atoms with Gasteiger partial charge >= 0.3 is 0 Å². The fourth-order valence-corrected chi connectivity index (χ4v) is 4.95. The van der Waals surface area contributed by atoms with Gasteiger partial charge in [-0.2, -0.15) is 4.31 Å². The molecule has 0 spiro atoms. The van der Waals surface area contributed by atoms with Gasteiger partial charge in [0.05, 0.1) is 10.6 Å². The van der Waals surface area contributed by atoms with Gasteiger partial charge in [0.2, 0.25) is 10.0 Å². The molecule has 0 aliphatic carbocycles. The molecule has 1 aliphatic heterocycles. The molecule has 162 valence electrons. The van der Waals surface area contributed by atoms with Crippen molar-refractivity contribution in [2.45, 2.75) is 37.7 Å². The highest BCUT2D eigenvalue weighted by Crippen LogP contribution is 2.33. The monoisotopic (exact) mass is 496 g/mol. The summed E-state index contributed by atoms with van der Waals surface area (Å²) in [5, 5.41) is 2.79. The molecule has 1 heterocycles. The zero-order valence-corrected chi connectivity index (χ0v) is 19.3. The smallest absolute Gasteiger partial charge is 0.253 e. The number of amides is 1. The van der Waals surface area contributed by atoms with Gasteiger partial charge in [-0.1, -0.05) is 29.8 Å². The standard InChI is InChI=1S/C21H25BrN2O5S/c1-3-24(4-2)30(26,27)17-11-12-19(29-16-9-7-15(22)8-10-16)18(14-17)23-21(25)20-6-5-13-28-20/h7-12,14,20H,3-6,13H2,1-2H3,(H,23,25)/t20-/m0/s1. The van der Waals surface area contributed by atoms with E-state index >= 15 is 0 Å². The Morgan fingerprint density at radius 1 is 1.20 bits per heavy atom. The Labute approximate surface area is 185 Å². The van der Waals surface area contributed by atoms with Crippen molar-refractivity contribution in [3.8, 4) is 11.5 Å². The Kier molecular flexibility index (Phi) is 7.51. The molecule has 0 aromatic heterocycles. The number of anilines is 1. The van der Waals surface area contributed by atoms with Crippen molar-refractivity contribution in [1.82, 2.24) is 4.31 Å². The summed E-state index contributed by atoms with van der Waals surface area (Å²) in [6, 6.07) is 11.7. The SMILES string of the molecule is CCN(CC)S(=O)(=O)c1ccc(Oc2ccc(Br)cc2)c(NC(=O)[C@@H]2CCCO2)c1. The highest BCUT2D eigenvalue weighted by Gasteiger charge is 2.27. The van der Waals surface area contributed by atoms with Crippen LogP contribution in [0.25, 0.3) is 0 Å². The number of carbonyl (C=O) groups is 1. The van der Waals surface area contributed by atoms with E-state index in [9.17, 15) is 13.2 Å². The average Bonchev–Trinajstić information content (AvgIpc) is 3.26. The van der Waals surface area contributed by atoms with Crippen LogP contribution >= 0.6 is 15.9 Å². The van der Waals surface area contributed by atoms with Crippen molar-refractivity contribution < 1.29 is 22.7 Å². The molecule has 9 heteroatoms. The number of sulfonamides is 1. The second-order valence-corrected chi connectivity index (χ2v) is 9.65. The number of hydrogen-bond acceptors (Lipinski definition) is 5. The molecule has 1 aliphatic rings. The number of ether oxygens (including phenoxy) is 2. The molecule has 1 N–H and O–H groups in total. The lowest BCUT2D eigenvalue weighted by molar-refractivity contribution is -0.124. The van der Waals surface area contributed by atoms with Crippen LogP contribution in [-0.4, -0.2) is 44.4 Å². The van der Waals surface area contributed by atoms with Crippen molar-refractivity contribution in [3.05, 3.63) is 46.9 Å². The number of rotatable bonds is 8. The lowest BCUT2D eigenvalue weighted by atomic mass is 10.2. The number of carbonyl (C=O) groups excluding carboxylic acids is 1. The van der Waals surface area contributed by atoms with Crippen LogP contribution in [0.4, 0.5) is 5.69 Å². The van der Waals surface area contributed by atoms with E-state index < -0.39 is 16.1 Å². The Morgan fingerprint density at radius 3 is 2.50 bits per heavy atom. The van der Waals surface area contributed by atoms with Crippen molar-refractivity contribution in [2.75, 3.05) is 25.0 Å². The lowest BCUT2D eigenvalue weighted by Gasteiger charge is -2.20. The molecule has 0 radical (unpaired) electrons. The van der Waals surface area contributed by atoms with Crippen LogP contribution in [0.2, 0.25) is 0 Å². The minimum Gasteiger partial charge on any atom is -0.455 e. The van der Waals surface area contributed by atoms with Gasteiger partial charge in [0.1, 0.15) is 11.9 Å². The highest BCUT2D eigenvalue weighted by molar-refractivity contribution is 9.10. The molecule has 0 unspecified atom stereocenters. The minimum absolute atomic E-state index is 0.0944. The molecule has 0 bridgehead atoms. The maximum absolute atomic E-state index is 12.9. The third-order valence-electron chi connectivity index (χ3n) is 4.82. The molecule has 30 heavy (non-hydrogen) atoms. The molecule has 1 atom stereocenters. The van der Waals surface area contributed by atoms with Gasteiger partial charge in [0.25, 0.3) is 5.91 Å². The van der Waals surface area contributed by atoms with Crippen LogP contribution < -0.4 is 10.1 Å². The van der Waals surface area contributed by atoms with Crippen molar-refractivity contribution in [3.63, 3.8) is 0 Å². The predicted molar refractivity (Wildman–Crippen MR) is 118 cm³/mol. The highest BCUT2D eigenvalue weighted by atomic mass is 79.9. The fraction of sp³-hybridized carbons (Fsp3) is 0.381. The fourth-order valence-electron chi connectivity index (χ4n) is 3.20. The van der Waals surface area contributed by atoms with E-state index in [1.165, 1.54) is 16.4 Å². The summed E-state index contributed by atoms with van der Waals surface area (Å²) < 4.78 is 39.5. The topological polar surface area (TPSA) is 84.9 Å². The van der Waals surface area contributed by atoms with Crippen molar-refractivity contribution in [1.29, 1.82) is 0 Å². The van der Waals surface area contributed by atoms with Gasteiger partial charge in [-0.05, 0) is 55.3 Å². The van der Waals surface area contributed by atoms with E-state index in [4.69, 9.17) is 9.47 Å². The lowest BCUT2D eigenvalue weighted by Crippen LogP contribution is -2.31. The summed E-state index contributed by atoms with van der Waals surface area (Å²) in [4.78, 5) is 12.7. The summed E-state index contributed by atoms with van der Waals surface area (Å²) in [6.45, 7) is 4.82. The van der Waals surface area contributed by atoms with E-state index in [1.54, 1.807) is 32.0 Å². The van der Waals surface area contributed by atoms with Gasteiger partial charge < -0.3 is 14.8 Å². The molecule has 2 aromatic rings. The minimum atomic E-state index is -3.68. The van der Waals surface area contributed by atoms with E-state index in [1.807, 2.05) is 12.1 Å². The third-order valence-corrected chi connectivity index (χ3v) is 7.39. The maximum Gasteiger partial charge on any atom is 0.253 e. The van der Waals surface area contributed by atoms with Crippen molar-refractivity contribution >= 4 is 37.5 Å². The van der Waals surface area contributed by atoms with Gasteiger partial charge in [-0.25, -0.2) is 8.42 Å². The zero-order chi connectivity index (χ0) is 21.7.